The van der Waals surface area contributed by atoms with E-state index in [4.69, 9.17) is 6.42 Å². The molecular formula is C12H20. The molecule has 0 bridgehead atoms. The fraction of sp³-hybridized carbons (Fsp3) is 0.667. The van der Waals surface area contributed by atoms with Gasteiger partial charge in [0.05, 0.1) is 0 Å². The van der Waals surface area contributed by atoms with Gasteiger partial charge < -0.3 is 0 Å². The fourth-order valence-electron chi connectivity index (χ4n) is 1.13. The molecule has 68 valence electrons. The molecule has 0 aliphatic heterocycles. The van der Waals surface area contributed by atoms with Crippen LogP contribution in [0.4, 0.5) is 0 Å². The van der Waals surface area contributed by atoms with Gasteiger partial charge in [-0.2, -0.15) is 0 Å². The normalized spacial score (nSPS) is 10.3. The van der Waals surface area contributed by atoms with E-state index in [1.807, 2.05) is 0 Å². The molecule has 0 heteroatoms. The van der Waals surface area contributed by atoms with Crippen molar-refractivity contribution < 1.29 is 0 Å². The molecule has 0 aromatic carbocycles. The standard InChI is InChI=1S/C12H20/c1-3-5-7-9-11-12-10-8-6-4-2/h1,7,9H,4-6,8,10-12H2,2H3/b9-7+. The number of allylic oxidation sites excluding steroid dienone is 2. The SMILES string of the molecule is C#CC/C=C/CCCCCCC. The molecule has 0 aromatic heterocycles. The molecule has 0 aromatic rings. The summed E-state index contributed by atoms with van der Waals surface area (Å²) < 4.78 is 0. The molecule has 0 saturated carbocycles. The first kappa shape index (κ1) is 11.3. The van der Waals surface area contributed by atoms with E-state index in [1.54, 1.807) is 0 Å². The van der Waals surface area contributed by atoms with Gasteiger partial charge >= 0.3 is 0 Å². The van der Waals surface area contributed by atoms with Crippen LogP contribution in [-0.4, -0.2) is 0 Å². The first-order valence-electron chi connectivity index (χ1n) is 5.00. The molecule has 0 heterocycles. The summed E-state index contributed by atoms with van der Waals surface area (Å²) in [5.41, 5.74) is 0. The van der Waals surface area contributed by atoms with E-state index >= 15 is 0 Å². The first-order chi connectivity index (χ1) is 5.91. The van der Waals surface area contributed by atoms with Gasteiger partial charge in [0.2, 0.25) is 0 Å². The molecule has 0 unspecified atom stereocenters. The third kappa shape index (κ3) is 9.30. The minimum atomic E-state index is 0.787. The van der Waals surface area contributed by atoms with E-state index in [-0.39, 0.29) is 0 Å². The van der Waals surface area contributed by atoms with E-state index in [0.717, 1.165) is 6.42 Å². The molecule has 0 radical (unpaired) electrons. The minimum Gasteiger partial charge on any atom is -0.120 e. The lowest BCUT2D eigenvalue weighted by Gasteiger charge is -1.95. The van der Waals surface area contributed by atoms with E-state index in [1.165, 1.54) is 38.5 Å². The number of unbranched alkanes of at least 4 members (excludes halogenated alkanes) is 5. The van der Waals surface area contributed by atoms with E-state index in [0.29, 0.717) is 0 Å². The number of hydrogen-bond acceptors (Lipinski definition) is 0. The quantitative estimate of drug-likeness (QED) is 0.304. The molecule has 12 heavy (non-hydrogen) atoms. The topological polar surface area (TPSA) is 0 Å². The fourth-order valence-corrected chi connectivity index (χ4v) is 1.13. The Kier molecular flexibility index (Phi) is 9.70. The highest BCUT2D eigenvalue weighted by atomic mass is 13.9. The summed E-state index contributed by atoms with van der Waals surface area (Å²) in [7, 11) is 0. The smallest absolute Gasteiger partial charge is 0.0267 e. The lowest BCUT2D eigenvalue weighted by Crippen LogP contribution is -1.75. The molecule has 0 amide bonds. The third-order valence-corrected chi connectivity index (χ3v) is 1.88. The van der Waals surface area contributed by atoms with Gasteiger partial charge in [-0.15, -0.1) is 12.3 Å². The predicted octanol–water partition coefficient (Wildman–Crippen LogP) is 3.93. The van der Waals surface area contributed by atoms with Crippen molar-refractivity contribution in [1.29, 1.82) is 0 Å². The van der Waals surface area contributed by atoms with E-state index in [9.17, 15) is 0 Å². The van der Waals surface area contributed by atoms with Crippen molar-refractivity contribution >= 4 is 0 Å². The van der Waals surface area contributed by atoms with Gasteiger partial charge in [-0.3, -0.25) is 0 Å². The van der Waals surface area contributed by atoms with Crippen LogP contribution >= 0.6 is 0 Å². The lowest BCUT2D eigenvalue weighted by atomic mass is 10.1. The van der Waals surface area contributed by atoms with Crippen molar-refractivity contribution in [3.63, 3.8) is 0 Å². The molecule has 0 atom stereocenters. The van der Waals surface area contributed by atoms with Crippen molar-refractivity contribution in [2.75, 3.05) is 0 Å². The second kappa shape index (κ2) is 10.3. The Bertz CT molecular complexity index is 137. The van der Waals surface area contributed by atoms with Crippen LogP contribution in [0.2, 0.25) is 0 Å². The Balaban J connectivity index is 2.96. The second-order valence-corrected chi connectivity index (χ2v) is 3.08. The predicted molar refractivity (Wildman–Crippen MR) is 56.0 cm³/mol. The molecule has 0 rings (SSSR count). The highest BCUT2D eigenvalue weighted by Crippen LogP contribution is 2.05. The van der Waals surface area contributed by atoms with Crippen LogP contribution in [0.25, 0.3) is 0 Å². The Morgan fingerprint density at radius 2 is 1.83 bits per heavy atom. The van der Waals surface area contributed by atoms with Gasteiger partial charge in [-0.05, 0) is 12.8 Å². The zero-order valence-electron chi connectivity index (χ0n) is 8.18. The number of terminal acetylenes is 1. The average Bonchev–Trinajstić information content (AvgIpc) is 2.10. The maximum absolute atomic E-state index is 5.11. The zero-order chi connectivity index (χ0) is 9.07. The van der Waals surface area contributed by atoms with Crippen LogP contribution in [0.3, 0.4) is 0 Å². The molecule has 0 aliphatic carbocycles. The van der Waals surface area contributed by atoms with Gasteiger partial charge in [-0.1, -0.05) is 44.8 Å². The second-order valence-electron chi connectivity index (χ2n) is 3.08. The van der Waals surface area contributed by atoms with Gasteiger partial charge in [0.25, 0.3) is 0 Å². The highest BCUT2D eigenvalue weighted by Gasteiger charge is 1.85. The van der Waals surface area contributed by atoms with Crippen LogP contribution in [0.1, 0.15) is 51.9 Å². The Morgan fingerprint density at radius 1 is 1.08 bits per heavy atom. The third-order valence-electron chi connectivity index (χ3n) is 1.88. The summed E-state index contributed by atoms with van der Waals surface area (Å²) in [5.74, 6) is 2.59. The number of hydrogen-bond donors (Lipinski definition) is 0. The first-order valence-corrected chi connectivity index (χ1v) is 5.00. The van der Waals surface area contributed by atoms with Crippen LogP contribution < -0.4 is 0 Å². The van der Waals surface area contributed by atoms with Crippen molar-refractivity contribution in [2.24, 2.45) is 0 Å². The molecule has 0 spiro atoms. The van der Waals surface area contributed by atoms with Crippen LogP contribution in [0.15, 0.2) is 12.2 Å². The molecule has 0 nitrogen and oxygen atoms in total. The van der Waals surface area contributed by atoms with Crippen molar-refractivity contribution in [3.05, 3.63) is 12.2 Å². The summed E-state index contributed by atoms with van der Waals surface area (Å²) in [6, 6.07) is 0. The Hall–Kier alpha value is -0.700. The van der Waals surface area contributed by atoms with Crippen molar-refractivity contribution in [1.82, 2.24) is 0 Å². The summed E-state index contributed by atoms with van der Waals surface area (Å²) in [4.78, 5) is 0. The molecule has 0 N–H and O–H groups in total. The van der Waals surface area contributed by atoms with Crippen LogP contribution in [0.5, 0.6) is 0 Å². The van der Waals surface area contributed by atoms with E-state index < -0.39 is 0 Å². The molecule has 0 fully saturated rings. The van der Waals surface area contributed by atoms with Crippen molar-refractivity contribution in [3.8, 4) is 12.3 Å². The zero-order valence-corrected chi connectivity index (χ0v) is 8.18. The summed E-state index contributed by atoms with van der Waals surface area (Å²) in [6.07, 6.45) is 18.2. The van der Waals surface area contributed by atoms with Gasteiger partial charge in [0.1, 0.15) is 0 Å². The molecule has 0 saturated heterocycles. The molecule has 0 aliphatic rings. The van der Waals surface area contributed by atoms with Crippen molar-refractivity contribution in [2.45, 2.75) is 51.9 Å². The summed E-state index contributed by atoms with van der Waals surface area (Å²) in [5, 5.41) is 0. The summed E-state index contributed by atoms with van der Waals surface area (Å²) >= 11 is 0. The maximum Gasteiger partial charge on any atom is 0.0267 e. The molecular weight excluding hydrogens is 144 g/mol. The van der Waals surface area contributed by atoms with E-state index in [2.05, 4.69) is 25.0 Å². The maximum atomic E-state index is 5.11. The largest absolute Gasteiger partial charge is 0.120 e. The Labute approximate surface area is 77.1 Å². The minimum absolute atomic E-state index is 0.787. The summed E-state index contributed by atoms with van der Waals surface area (Å²) in [6.45, 7) is 2.24. The number of rotatable bonds is 7. The average molecular weight is 164 g/mol. The lowest BCUT2D eigenvalue weighted by molar-refractivity contribution is 0.637. The Morgan fingerprint density at radius 3 is 2.50 bits per heavy atom. The van der Waals surface area contributed by atoms with Gasteiger partial charge in [-0.25, -0.2) is 0 Å². The van der Waals surface area contributed by atoms with Gasteiger partial charge in [0.15, 0.2) is 0 Å². The monoisotopic (exact) mass is 164 g/mol. The van der Waals surface area contributed by atoms with Crippen LogP contribution in [0, 0.1) is 12.3 Å². The highest BCUT2D eigenvalue weighted by molar-refractivity contribution is 4.96. The van der Waals surface area contributed by atoms with Gasteiger partial charge in [0, 0.05) is 6.42 Å². The van der Waals surface area contributed by atoms with Crippen LogP contribution in [-0.2, 0) is 0 Å².